The fourth-order valence-corrected chi connectivity index (χ4v) is 2.43. The Balaban J connectivity index is 2.39. The number of amides is 1. The van der Waals surface area contributed by atoms with Crippen molar-refractivity contribution in [1.82, 2.24) is 5.32 Å². The smallest absolute Gasteiger partial charge is 0.220 e. The molecule has 2 aromatic rings. The van der Waals surface area contributed by atoms with E-state index >= 15 is 0 Å². The van der Waals surface area contributed by atoms with Gasteiger partial charge in [-0.3, -0.25) is 4.79 Å². The van der Waals surface area contributed by atoms with Crippen LogP contribution in [0.4, 0.5) is 0 Å². The van der Waals surface area contributed by atoms with E-state index in [-0.39, 0.29) is 18.4 Å². The lowest BCUT2D eigenvalue weighted by atomic mass is 10.0. The maximum Gasteiger partial charge on any atom is 0.220 e. The van der Waals surface area contributed by atoms with Gasteiger partial charge in [-0.1, -0.05) is 43.3 Å². The van der Waals surface area contributed by atoms with E-state index in [0.29, 0.717) is 6.61 Å². The lowest BCUT2D eigenvalue weighted by Gasteiger charge is -2.19. The number of ether oxygens (including phenoxy) is 1. The van der Waals surface area contributed by atoms with E-state index in [1.54, 1.807) is 0 Å². The largest absolute Gasteiger partial charge is 0.492 e. The first-order valence-electron chi connectivity index (χ1n) is 7.29. The fraction of sp³-hybridized carbons (Fsp3) is 0.353. The molecule has 2 aromatic carbocycles. The molecule has 0 aromatic heterocycles. The van der Waals surface area contributed by atoms with Gasteiger partial charge in [0.1, 0.15) is 5.75 Å². The first-order valence-corrected chi connectivity index (χ1v) is 7.29. The van der Waals surface area contributed by atoms with Gasteiger partial charge < -0.3 is 15.8 Å². The number of primary amides is 1. The Morgan fingerprint density at radius 2 is 2.05 bits per heavy atom. The van der Waals surface area contributed by atoms with Crippen LogP contribution in [0.1, 0.15) is 31.9 Å². The van der Waals surface area contributed by atoms with Gasteiger partial charge in [0, 0.05) is 17.0 Å². The molecule has 4 heteroatoms. The number of carbonyl (C=O) groups excluding carboxylic acids is 1. The molecule has 0 saturated heterocycles. The highest BCUT2D eigenvalue weighted by atomic mass is 16.5. The molecular formula is C17H22N2O2. The molecule has 0 bridgehead atoms. The van der Waals surface area contributed by atoms with Crippen molar-refractivity contribution in [3.63, 3.8) is 0 Å². The monoisotopic (exact) mass is 286 g/mol. The van der Waals surface area contributed by atoms with Crippen LogP contribution in [-0.4, -0.2) is 19.1 Å². The summed E-state index contributed by atoms with van der Waals surface area (Å²) < 4.78 is 5.89. The average Bonchev–Trinajstić information content (AvgIpc) is 2.47. The highest BCUT2D eigenvalue weighted by Gasteiger charge is 2.14. The zero-order valence-corrected chi connectivity index (χ0v) is 12.6. The molecule has 4 nitrogen and oxygen atoms in total. The van der Waals surface area contributed by atoms with Gasteiger partial charge in [0.15, 0.2) is 0 Å². The number of rotatable bonds is 7. The summed E-state index contributed by atoms with van der Waals surface area (Å²) in [5.74, 6) is 0.485. The van der Waals surface area contributed by atoms with Gasteiger partial charge in [-0.15, -0.1) is 0 Å². The molecule has 0 aliphatic carbocycles. The van der Waals surface area contributed by atoms with Crippen LogP contribution in [0, 0.1) is 0 Å². The van der Waals surface area contributed by atoms with Crippen molar-refractivity contribution < 1.29 is 9.53 Å². The third-order valence-corrected chi connectivity index (χ3v) is 3.48. The summed E-state index contributed by atoms with van der Waals surface area (Å²) in [6.45, 7) is 5.36. The van der Waals surface area contributed by atoms with E-state index < -0.39 is 0 Å². The Labute approximate surface area is 125 Å². The van der Waals surface area contributed by atoms with Crippen molar-refractivity contribution in [3.8, 4) is 5.75 Å². The summed E-state index contributed by atoms with van der Waals surface area (Å²) in [6, 6.07) is 12.4. The maximum absolute atomic E-state index is 10.9. The Morgan fingerprint density at radius 1 is 1.29 bits per heavy atom. The molecule has 112 valence electrons. The van der Waals surface area contributed by atoms with Crippen LogP contribution in [0.3, 0.4) is 0 Å². The van der Waals surface area contributed by atoms with Gasteiger partial charge in [-0.05, 0) is 18.9 Å². The number of fused-ring (bicyclic) bond motifs is 1. The molecule has 0 heterocycles. The van der Waals surface area contributed by atoms with Crippen molar-refractivity contribution in [2.45, 2.75) is 26.3 Å². The molecule has 0 aliphatic rings. The zero-order chi connectivity index (χ0) is 15.2. The molecular weight excluding hydrogens is 264 g/mol. The van der Waals surface area contributed by atoms with Gasteiger partial charge in [0.2, 0.25) is 5.91 Å². The second kappa shape index (κ2) is 7.09. The molecule has 21 heavy (non-hydrogen) atoms. The summed E-state index contributed by atoms with van der Waals surface area (Å²) in [6.07, 6.45) is 0.220. The Bertz CT molecular complexity index is 625. The number of hydrogen-bond acceptors (Lipinski definition) is 3. The standard InChI is InChI=1S/C17H22N2O2/c1-3-19-12(2)14-9-8-13-6-4-5-7-15(13)17(14)21-11-10-16(18)20/h4-9,12,19H,3,10-11H2,1-2H3,(H2,18,20). The van der Waals surface area contributed by atoms with Gasteiger partial charge in [0.25, 0.3) is 0 Å². The summed E-state index contributed by atoms with van der Waals surface area (Å²) in [7, 11) is 0. The van der Waals surface area contributed by atoms with E-state index in [2.05, 4.69) is 37.4 Å². The molecule has 0 aliphatic heterocycles. The molecule has 1 amide bonds. The van der Waals surface area contributed by atoms with Crippen LogP contribution in [0.15, 0.2) is 36.4 Å². The fourth-order valence-electron chi connectivity index (χ4n) is 2.43. The Hall–Kier alpha value is -2.07. The van der Waals surface area contributed by atoms with Crippen LogP contribution >= 0.6 is 0 Å². The molecule has 1 unspecified atom stereocenters. The molecule has 3 N–H and O–H groups in total. The van der Waals surface area contributed by atoms with Crippen LogP contribution in [0.5, 0.6) is 5.75 Å². The van der Waals surface area contributed by atoms with Crippen molar-refractivity contribution >= 4 is 16.7 Å². The summed E-state index contributed by atoms with van der Waals surface area (Å²) >= 11 is 0. The second-order valence-electron chi connectivity index (χ2n) is 5.05. The third kappa shape index (κ3) is 3.73. The first kappa shape index (κ1) is 15.3. The minimum Gasteiger partial charge on any atom is -0.492 e. The molecule has 2 rings (SSSR count). The number of nitrogens with two attached hydrogens (primary N) is 1. The highest BCUT2D eigenvalue weighted by Crippen LogP contribution is 2.33. The lowest BCUT2D eigenvalue weighted by Crippen LogP contribution is -2.19. The third-order valence-electron chi connectivity index (χ3n) is 3.48. The summed E-state index contributed by atoms with van der Waals surface area (Å²) in [4.78, 5) is 10.9. The van der Waals surface area contributed by atoms with Gasteiger partial charge in [-0.25, -0.2) is 0 Å². The predicted octanol–water partition coefficient (Wildman–Crippen LogP) is 2.76. The topological polar surface area (TPSA) is 64.3 Å². The van der Waals surface area contributed by atoms with E-state index in [9.17, 15) is 4.79 Å². The molecule has 0 radical (unpaired) electrons. The second-order valence-corrected chi connectivity index (χ2v) is 5.05. The maximum atomic E-state index is 10.9. The molecule has 1 atom stereocenters. The molecule has 0 fully saturated rings. The van der Waals surface area contributed by atoms with Gasteiger partial charge >= 0.3 is 0 Å². The van der Waals surface area contributed by atoms with Crippen molar-refractivity contribution in [2.75, 3.05) is 13.2 Å². The molecule has 0 saturated carbocycles. The normalized spacial score (nSPS) is 12.3. The minimum atomic E-state index is -0.350. The average molecular weight is 286 g/mol. The Morgan fingerprint density at radius 3 is 2.76 bits per heavy atom. The minimum absolute atomic E-state index is 0.184. The van der Waals surface area contributed by atoms with Crippen molar-refractivity contribution in [3.05, 3.63) is 42.0 Å². The van der Waals surface area contributed by atoms with Gasteiger partial charge in [0.05, 0.1) is 13.0 Å². The number of nitrogens with one attached hydrogen (secondary N) is 1. The van der Waals surface area contributed by atoms with E-state index in [1.165, 1.54) is 0 Å². The summed E-state index contributed by atoms with van der Waals surface area (Å²) in [5.41, 5.74) is 6.28. The zero-order valence-electron chi connectivity index (χ0n) is 12.6. The van der Waals surface area contributed by atoms with E-state index in [0.717, 1.165) is 28.6 Å². The van der Waals surface area contributed by atoms with Crippen molar-refractivity contribution in [1.29, 1.82) is 0 Å². The van der Waals surface area contributed by atoms with E-state index in [1.807, 2.05) is 18.2 Å². The predicted molar refractivity (Wildman–Crippen MR) is 85.3 cm³/mol. The number of hydrogen-bond donors (Lipinski definition) is 2. The van der Waals surface area contributed by atoms with Crippen molar-refractivity contribution in [2.24, 2.45) is 5.73 Å². The number of carbonyl (C=O) groups is 1. The first-order chi connectivity index (χ1) is 10.1. The lowest BCUT2D eigenvalue weighted by molar-refractivity contribution is -0.118. The Kier molecular flexibility index (Phi) is 5.17. The van der Waals surface area contributed by atoms with Crippen LogP contribution in [-0.2, 0) is 4.79 Å². The summed E-state index contributed by atoms with van der Waals surface area (Å²) in [5, 5.41) is 5.58. The number of benzene rings is 2. The highest BCUT2D eigenvalue weighted by molar-refractivity contribution is 5.89. The van der Waals surface area contributed by atoms with Gasteiger partial charge in [-0.2, -0.15) is 0 Å². The quantitative estimate of drug-likeness (QED) is 0.822. The van der Waals surface area contributed by atoms with Crippen LogP contribution in [0.2, 0.25) is 0 Å². The van der Waals surface area contributed by atoms with Crippen LogP contribution < -0.4 is 15.8 Å². The van der Waals surface area contributed by atoms with E-state index in [4.69, 9.17) is 10.5 Å². The molecule has 0 spiro atoms. The van der Waals surface area contributed by atoms with Crippen LogP contribution in [0.25, 0.3) is 10.8 Å². The SMILES string of the molecule is CCNC(C)c1ccc2ccccc2c1OCCC(N)=O.